The van der Waals surface area contributed by atoms with Gasteiger partial charge in [0.2, 0.25) is 0 Å². The molecule has 0 heterocycles. The van der Waals surface area contributed by atoms with Gasteiger partial charge in [0.25, 0.3) is 0 Å². The molecule has 1 heteroatoms. The molecule has 1 unspecified atom stereocenters. The van der Waals surface area contributed by atoms with Crippen molar-refractivity contribution in [1.29, 1.82) is 0 Å². The molecule has 0 saturated carbocycles. The predicted octanol–water partition coefficient (Wildman–Crippen LogP) is 3.17. The van der Waals surface area contributed by atoms with Gasteiger partial charge in [-0.15, -0.1) is 5.92 Å². The van der Waals surface area contributed by atoms with Gasteiger partial charge < -0.3 is 4.74 Å². The number of hydrogen-bond donors (Lipinski definition) is 0. The molecule has 0 aliphatic carbocycles. The summed E-state index contributed by atoms with van der Waals surface area (Å²) in [5, 5.41) is 0. The molecular weight excluding hydrogens is 184 g/mol. The Bertz CT molecular complexity index is 343. The molecule has 1 rings (SSSR count). The molecule has 78 valence electrons. The van der Waals surface area contributed by atoms with E-state index in [-0.39, 0.29) is 6.10 Å². The molecule has 0 fully saturated rings. The third-order valence-electron chi connectivity index (χ3n) is 2.10. The number of ether oxygens (including phenoxy) is 1. The molecule has 0 bridgehead atoms. The van der Waals surface area contributed by atoms with Crippen LogP contribution in [0, 0.1) is 11.8 Å². The van der Waals surface area contributed by atoms with Gasteiger partial charge in [0.05, 0.1) is 6.26 Å². The highest BCUT2D eigenvalue weighted by atomic mass is 16.5. The van der Waals surface area contributed by atoms with Gasteiger partial charge in [-0.3, -0.25) is 0 Å². The van der Waals surface area contributed by atoms with Crippen LogP contribution in [0.15, 0.2) is 43.2 Å². The van der Waals surface area contributed by atoms with E-state index in [4.69, 9.17) is 4.74 Å². The SMILES string of the molecule is C=COC(C#CC)CCc1ccccc1. The van der Waals surface area contributed by atoms with Crippen LogP contribution >= 0.6 is 0 Å². The van der Waals surface area contributed by atoms with Crippen molar-refractivity contribution in [3.05, 3.63) is 48.7 Å². The van der Waals surface area contributed by atoms with Crippen molar-refractivity contribution < 1.29 is 4.74 Å². The molecule has 0 aliphatic heterocycles. The summed E-state index contributed by atoms with van der Waals surface area (Å²) in [4.78, 5) is 0. The second kappa shape index (κ2) is 6.73. The molecule has 0 saturated heterocycles. The number of benzene rings is 1. The first-order chi connectivity index (χ1) is 7.36. The van der Waals surface area contributed by atoms with Gasteiger partial charge >= 0.3 is 0 Å². The normalized spacial score (nSPS) is 11.0. The molecule has 1 aromatic carbocycles. The highest BCUT2D eigenvalue weighted by molar-refractivity contribution is 5.15. The molecule has 0 radical (unpaired) electrons. The van der Waals surface area contributed by atoms with Gasteiger partial charge in [0, 0.05) is 0 Å². The molecule has 15 heavy (non-hydrogen) atoms. The summed E-state index contributed by atoms with van der Waals surface area (Å²) in [5.74, 6) is 5.88. The zero-order valence-corrected chi connectivity index (χ0v) is 9.07. The van der Waals surface area contributed by atoms with Crippen LogP contribution in [0.25, 0.3) is 0 Å². The average molecular weight is 200 g/mol. The number of hydrogen-bond acceptors (Lipinski definition) is 1. The summed E-state index contributed by atoms with van der Waals surface area (Å²) in [6.07, 6.45) is 3.30. The first kappa shape index (κ1) is 11.4. The van der Waals surface area contributed by atoms with Crippen molar-refractivity contribution in [2.75, 3.05) is 0 Å². The van der Waals surface area contributed by atoms with E-state index >= 15 is 0 Å². The minimum absolute atomic E-state index is 0.0345. The lowest BCUT2D eigenvalue weighted by Crippen LogP contribution is -2.08. The maximum atomic E-state index is 5.29. The van der Waals surface area contributed by atoms with Crippen molar-refractivity contribution in [2.45, 2.75) is 25.9 Å². The van der Waals surface area contributed by atoms with Crippen LogP contribution in [-0.2, 0) is 11.2 Å². The first-order valence-electron chi connectivity index (χ1n) is 5.09. The van der Waals surface area contributed by atoms with E-state index in [1.165, 1.54) is 11.8 Å². The highest BCUT2D eigenvalue weighted by Crippen LogP contribution is 2.07. The Morgan fingerprint density at radius 1 is 1.40 bits per heavy atom. The van der Waals surface area contributed by atoms with Crippen LogP contribution in [-0.4, -0.2) is 6.10 Å². The van der Waals surface area contributed by atoms with E-state index in [9.17, 15) is 0 Å². The minimum Gasteiger partial charge on any atom is -0.486 e. The van der Waals surface area contributed by atoms with Crippen molar-refractivity contribution in [3.8, 4) is 11.8 Å². The molecule has 0 spiro atoms. The lowest BCUT2D eigenvalue weighted by atomic mass is 10.1. The van der Waals surface area contributed by atoms with Crippen LogP contribution in [0.3, 0.4) is 0 Å². The van der Waals surface area contributed by atoms with Gasteiger partial charge in [0.1, 0.15) is 0 Å². The van der Waals surface area contributed by atoms with Gasteiger partial charge in [-0.05, 0) is 25.3 Å². The van der Waals surface area contributed by atoms with Crippen molar-refractivity contribution >= 4 is 0 Å². The summed E-state index contributed by atoms with van der Waals surface area (Å²) >= 11 is 0. The fourth-order valence-corrected chi connectivity index (χ4v) is 1.39. The summed E-state index contributed by atoms with van der Waals surface area (Å²) in [6, 6.07) is 10.3. The van der Waals surface area contributed by atoms with E-state index < -0.39 is 0 Å². The predicted molar refractivity (Wildman–Crippen MR) is 63.3 cm³/mol. The molecule has 1 atom stereocenters. The van der Waals surface area contributed by atoms with E-state index in [0.717, 1.165) is 12.8 Å². The second-order valence-electron chi connectivity index (χ2n) is 3.21. The fraction of sp³-hybridized carbons (Fsp3) is 0.286. The first-order valence-corrected chi connectivity index (χ1v) is 5.09. The third-order valence-corrected chi connectivity index (χ3v) is 2.10. The molecule has 0 aliphatic rings. The Hall–Kier alpha value is -1.68. The largest absolute Gasteiger partial charge is 0.486 e. The topological polar surface area (TPSA) is 9.23 Å². The maximum Gasteiger partial charge on any atom is 0.158 e. The Balaban J connectivity index is 2.45. The Morgan fingerprint density at radius 2 is 2.13 bits per heavy atom. The highest BCUT2D eigenvalue weighted by Gasteiger charge is 2.03. The fourth-order valence-electron chi connectivity index (χ4n) is 1.39. The standard InChI is InChI=1S/C14H16O/c1-3-8-14(15-4-2)12-11-13-9-6-5-7-10-13/h4-7,9-10,14H,2,11-12H2,1H3. The molecule has 0 amide bonds. The van der Waals surface area contributed by atoms with Crippen LogP contribution < -0.4 is 0 Å². The van der Waals surface area contributed by atoms with Crippen LogP contribution in [0.4, 0.5) is 0 Å². The number of rotatable bonds is 5. The lowest BCUT2D eigenvalue weighted by molar-refractivity contribution is 0.187. The van der Waals surface area contributed by atoms with Crippen molar-refractivity contribution in [3.63, 3.8) is 0 Å². The van der Waals surface area contributed by atoms with Crippen LogP contribution in [0.5, 0.6) is 0 Å². The maximum absolute atomic E-state index is 5.29. The molecule has 0 N–H and O–H groups in total. The Kier molecular flexibility index (Phi) is 5.11. The van der Waals surface area contributed by atoms with Crippen LogP contribution in [0.2, 0.25) is 0 Å². The van der Waals surface area contributed by atoms with Gasteiger partial charge in [-0.25, -0.2) is 0 Å². The summed E-state index contributed by atoms with van der Waals surface area (Å²) in [6.45, 7) is 5.37. The van der Waals surface area contributed by atoms with E-state index in [0.29, 0.717) is 0 Å². The smallest absolute Gasteiger partial charge is 0.158 e. The summed E-state index contributed by atoms with van der Waals surface area (Å²) in [7, 11) is 0. The zero-order valence-electron chi connectivity index (χ0n) is 9.07. The summed E-state index contributed by atoms with van der Waals surface area (Å²) in [5.41, 5.74) is 1.31. The van der Waals surface area contributed by atoms with Gasteiger partial charge in [-0.1, -0.05) is 42.8 Å². The Morgan fingerprint density at radius 3 is 2.73 bits per heavy atom. The van der Waals surface area contributed by atoms with E-state index in [1.807, 2.05) is 25.1 Å². The summed E-state index contributed by atoms with van der Waals surface area (Å²) < 4.78 is 5.29. The van der Waals surface area contributed by atoms with E-state index in [2.05, 4.69) is 30.6 Å². The molecule has 0 aromatic heterocycles. The van der Waals surface area contributed by atoms with Crippen molar-refractivity contribution in [1.82, 2.24) is 0 Å². The van der Waals surface area contributed by atoms with Crippen molar-refractivity contribution in [2.24, 2.45) is 0 Å². The third kappa shape index (κ3) is 4.37. The second-order valence-corrected chi connectivity index (χ2v) is 3.21. The minimum atomic E-state index is -0.0345. The number of aryl methyl sites for hydroxylation is 1. The lowest BCUT2D eigenvalue weighted by Gasteiger charge is -2.09. The van der Waals surface area contributed by atoms with Gasteiger partial charge in [0.15, 0.2) is 6.10 Å². The monoisotopic (exact) mass is 200 g/mol. The van der Waals surface area contributed by atoms with Crippen LogP contribution in [0.1, 0.15) is 18.9 Å². The van der Waals surface area contributed by atoms with Gasteiger partial charge in [-0.2, -0.15) is 0 Å². The Labute approximate surface area is 91.8 Å². The molecule has 1 nitrogen and oxygen atoms in total. The van der Waals surface area contributed by atoms with E-state index in [1.54, 1.807) is 0 Å². The molecular formula is C14H16O. The zero-order chi connectivity index (χ0) is 10.9. The molecule has 1 aromatic rings. The quantitative estimate of drug-likeness (QED) is 0.524. The average Bonchev–Trinajstić information content (AvgIpc) is 2.28.